The summed E-state index contributed by atoms with van der Waals surface area (Å²) in [6.07, 6.45) is 4.66. The van der Waals surface area contributed by atoms with Crippen LogP contribution in [0.2, 0.25) is 0 Å². The monoisotopic (exact) mass is 245 g/mol. The largest absolute Gasteiger partial charge is 0.386 e. The van der Waals surface area contributed by atoms with Crippen LogP contribution < -0.4 is 5.32 Å². The Labute approximate surface area is 103 Å². The molecule has 2 rings (SSSR count). The Bertz CT molecular complexity index is 556. The van der Waals surface area contributed by atoms with Crippen molar-refractivity contribution in [2.45, 2.75) is 13.5 Å². The maximum absolute atomic E-state index is 10.8. The molecule has 7 heteroatoms. The molecule has 0 saturated carbocycles. The van der Waals surface area contributed by atoms with Gasteiger partial charge in [-0.25, -0.2) is 0 Å². The molecule has 0 aromatic carbocycles. The summed E-state index contributed by atoms with van der Waals surface area (Å²) in [7, 11) is 0. The van der Waals surface area contributed by atoms with E-state index in [1.54, 1.807) is 24.5 Å². The molecule has 0 saturated heterocycles. The Morgan fingerprint density at radius 2 is 2.17 bits per heavy atom. The van der Waals surface area contributed by atoms with Gasteiger partial charge in [0.25, 0.3) is 0 Å². The Kier molecular flexibility index (Phi) is 3.42. The normalized spacial score (nSPS) is 10.1. The molecule has 0 unspecified atom stereocenters. The first-order valence-corrected chi connectivity index (χ1v) is 5.27. The van der Waals surface area contributed by atoms with Gasteiger partial charge in [-0.15, -0.1) is 0 Å². The van der Waals surface area contributed by atoms with Crippen molar-refractivity contribution in [1.82, 2.24) is 15.0 Å². The summed E-state index contributed by atoms with van der Waals surface area (Å²) in [5.41, 5.74) is 1.90. The fourth-order valence-electron chi connectivity index (χ4n) is 1.38. The highest BCUT2D eigenvalue weighted by molar-refractivity contribution is 5.56. The molecule has 2 aromatic rings. The van der Waals surface area contributed by atoms with E-state index in [2.05, 4.69) is 20.3 Å². The molecule has 0 spiro atoms. The van der Waals surface area contributed by atoms with Crippen molar-refractivity contribution in [2.24, 2.45) is 0 Å². The van der Waals surface area contributed by atoms with Crippen LogP contribution in [0.25, 0.3) is 0 Å². The molecule has 0 amide bonds. The smallest absolute Gasteiger partial charge is 0.372 e. The third kappa shape index (κ3) is 2.76. The highest BCUT2D eigenvalue weighted by Gasteiger charge is 2.13. The molecule has 0 bridgehead atoms. The summed E-state index contributed by atoms with van der Waals surface area (Å²) < 4.78 is 0. The number of aromatic nitrogens is 3. The Hall–Kier alpha value is -2.57. The topological polar surface area (TPSA) is 93.8 Å². The summed E-state index contributed by atoms with van der Waals surface area (Å²) in [5, 5.41) is 13.7. The van der Waals surface area contributed by atoms with Crippen LogP contribution in [0.4, 0.5) is 11.5 Å². The van der Waals surface area contributed by atoms with E-state index in [4.69, 9.17) is 0 Å². The number of hydrogen-bond acceptors (Lipinski definition) is 6. The first kappa shape index (κ1) is 11.9. The summed E-state index contributed by atoms with van der Waals surface area (Å²) >= 11 is 0. The molecule has 0 atom stereocenters. The van der Waals surface area contributed by atoms with Crippen molar-refractivity contribution < 1.29 is 4.92 Å². The third-order valence-electron chi connectivity index (χ3n) is 2.25. The van der Waals surface area contributed by atoms with Gasteiger partial charge in [0.2, 0.25) is 0 Å². The van der Waals surface area contributed by atoms with Gasteiger partial charge in [-0.3, -0.25) is 9.97 Å². The predicted octanol–water partition coefficient (Wildman–Crippen LogP) is 1.70. The molecular weight excluding hydrogens is 234 g/mol. The van der Waals surface area contributed by atoms with Crippen LogP contribution in [-0.2, 0) is 6.54 Å². The Balaban J connectivity index is 2.10. The van der Waals surface area contributed by atoms with E-state index >= 15 is 0 Å². The molecule has 18 heavy (non-hydrogen) atoms. The second-order valence-corrected chi connectivity index (χ2v) is 3.63. The first-order valence-electron chi connectivity index (χ1n) is 5.27. The summed E-state index contributed by atoms with van der Waals surface area (Å²) in [6.45, 7) is 2.20. The van der Waals surface area contributed by atoms with Crippen molar-refractivity contribution in [1.29, 1.82) is 0 Å². The molecule has 0 aliphatic carbocycles. The van der Waals surface area contributed by atoms with E-state index in [1.165, 1.54) is 6.20 Å². The minimum atomic E-state index is -0.525. The lowest BCUT2D eigenvalue weighted by Crippen LogP contribution is -2.05. The number of nitrogens with one attached hydrogen (secondary N) is 1. The lowest BCUT2D eigenvalue weighted by molar-refractivity contribution is -0.388. The molecule has 7 nitrogen and oxygen atoms in total. The van der Waals surface area contributed by atoms with Crippen LogP contribution in [0.3, 0.4) is 0 Å². The fraction of sp³-hybridized carbons (Fsp3) is 0.182. The minimum Gasteiger partial charge on any atom is -0.372 e. The maximum Gasteiger partial charge on any atom is 0.386 e. The van der Waals surface area contributed by atoms with Crippen LogP contribution in [0.15, 0.2) is 30.7 Å². The van der Waals surface area contributed by atoms with Gasteiger partial charge < -0.3 is 15.4 Å². The van der Waals surface area contributed by atoms with Gasteiger partial charge in [0.05, 0.1) is 24.1 Å². The van der Waals surface area contributed by atoms with E-state index in [-0.39, 0.29) is 5.82 Å². The first-order chi connectivity index (χ1) is 8.66. The average molecular weight is 245 g/mol. The zero-order valence-corrected chi connectivity index (χ0v) is 9.70. The van der Waals surface area contributed by atoms with E-state index in [0.717, 1.165) is 5.69 Å². The number of nitro groups is 1. The summed E-state index contributed by atoms with van der Waals surface area (Å²) in [5.74, 6) is -0.197. The van der Waals surface area contributed by atoms with Gasteiger partial charge in [0, 0.05) is 6.20 Å². The van der Waals surface area contributed by atoms with E-state index in [1.807, 2.05) is 6.92 Å². The molecule has 0 radical (unpaired) electrons. The molecule has 0 aliphatic rings. The molecule has 92 valence electrons. The van der Waals surface area contributed by atoms with Gasteiger partial charge >= 0.3 is 5.82 Å². The lowest BCUT2D eigenvalue weighted by atomic mass is 10.3. The van der Waals surface area contributed by atoms with Gasteiger partial charge in [-0.05, 0) is 29.0 Å². The summed E-state index contributed by atoms with van der Waals surface area (Å²) in [6, 6.07) is 3.24. The van der Waals surface area contributed by atoms with Crippen LogP contribution >= 0.6 is 0 Å². The quantitative estimate of drug-likeness (QED) is 0.650. The van der Waals surface area contributed by atoms with Crippen molar-refractivity contribution in [3.05, 3.63) is 52.2 Å². The lowest BCUT2D eigenvalue weighted by Gasteiger charge is -2.05. The molecule has 2 heterocycles. The van der Waals surface area contributed by atoms with Gasteiger partial charge in [0.15, 0.2) is 0 Å². The van der Waals surface area contributed by atoms with E-state index in [9.17, 15) is 10.1 Å². The average Bonchev–Trinajstić information content (AvgIpc) is 2.38. The molecule has 2 aromatic heterocycles. The highest BCUT2D eigenvalue weighted by Crippen LogP contribution is 2.20. The number of rotatable bonds is 4. The van der Waals surface area contributed by atoms with E-state index in [0.29, 0.717) is 17.9 Å². The van der Waals surface area contributed by atoms with Crippen LogP contribution in [0, 0.1) is 17.0 Å². The molecular formula is C11H11N5O2. The fourth-order valence-corrected chi connectivity index (χ4v) is 1.38. The van der Waals surface area contributed by atoms with Gasteiger partial charge in [-0.1, -0.05) is 0 Å². The van der Waals surface area contributed by atoms with Crippen molar-refractivity contribution >= 4 is 11.5 Å². The minimum absolute atomic E-state index is 0.197. The predicted molar refractivity (Wildman–Crippen MR) is 65.0 cm³/mol. The Morgan fingerprint density at radius 3 is 2.83 bits per heavy atom. The van der Waals surface area contributed by atoms with Crippen molar-refractivity contribution in [2.75, 3.05) is 5.32 Å². The zero-order valence-electron chi connectivity index (χ0n) is 9.70. The van der Waals surface area contributed by atoms with Crippen molar-refractivity contribution in [3.8, 4) is 0 Å². The second kappa shape index (κ2) is 5.17. The third-order valence-corrected chi connectivity index (χ3v) is 2.25. The second-order valence-electron chi connectivity index (χ2n) is 3.63. The molecule has 1 N–H and O–H groups in total. The van der Waals surface area contributed by atoms with Gasteiger partial charge in [-0.2, -0.15) is 0 Å². The van der Waals surface area contributed by atoms with Crippen LogP contribution in [0.5, 0.6) is 0 Å². The van der Waals surface area contributed by atoms with E-state index < -0.39 is 4.92 Å². The Morgan fingerprint density at radius 1 is 1.33 bits per heavy atom. The maximum atomic E-state index is 10.8. The number of aryl methyl sites for hydroxylation is 1. The summed E-state index contributed by atoms with van der Waals surface area (Å²) in [4.78, 5) is 22.2. The zero-order chi connectivity index (χ0) is 13.0. The number of anilines is 1. The molecule has 0 fully saturated rings. The number of pyridine rings is 1. The van der Waals surface area contributed by atoms with Gasteiger partial charge in [0.1, 0.15) is 11.9 Å². The van der Waals surface area contributed by atoms with Crippen LogP contribution in [0.1, 0.15) is 11.4 Å². The SMILES string of the molecule is Cc1cnc(CNc2cccnc2[N+](=O)[O-])cn1. The number of nitrogens with zero attached hydrogens (tertiary/aromatic N) is 4. The highest BCUT2D eigenvalue weighted by atomic mass is 16.6. The van der Waals surface area contributed by atoms with Crippen molar-refractivity contribution in [3.63, 3.8) is 0 Å². The van der Waals surface area contributed by atoms with Crippen LogP contribution in [-0.4, -0.2) is 19.9 Å². The number of hydrogen-bond donors (Lipinski definition) is 1. The molecule has 0 aliphatic heterocycles. The standard InChI is InChI=1S/C11H11N5O2/c1-8-5-14-9(6-13-8)7-15-10-3-2-4-12-11(10)16(17)18/h2-6,15H,7H2,1H3.